The van der Waals surface area contributed by atoms with Crippen molar-refractivity contribution in [1.29, 1.82) is 0 Å². The molecule has 0 bridgehead atoms. The lowest BCUT2D eigenvalue weighted by atomic mass is 10.00. The summed E-state index contributed by atoms with van der Waals surface area (Å²) in [6.07, 6.45) is 3.41. The second-order valence-electron chi connectivity index (χ2n) is 5.23. The molecule has 0 aromatic heterocycles. The van der Waals surface area contributed by atoms with E-state index in [0.717, 1.165) is 39.0 Å². The molecular formula is C12H27N3O2S. The molecule has 1 N–H and O–H groups in total. The maximum absolute atomic E-state index is 11.5. The number of sulfonamides is 1. The Bertz CT molecular complexity index is 332. The molecule has 0 aliphatic carbocycles. The van der Waals surface area contributed by atoms with E-state index >= 15 is 0 Å². The molecule has 0 spiro atoms. The molecule has 1 rings (SSSR count). The highest BCUT2D eigenvalue weighted by Gasteiger charge is 2.25. The van der Waals surface area contributed by atoms with E-state index in [1.165, 1.54) is 6.26 Å². The van der Waals surface area contributed by atoms with Gasteiger partial charge in [0.15, 0.2) is 0 Å². The maximum atomic E-state index is 11.5. The Hall–Kier alpha value is -0.170. The third-order valence-corrected chi connectivity index (χ3v) is 4.86. The minimum atomic E-state index is -3.01. The smallest absolute Gasteiger partial charge is 0.211 e. The van der Waals surface area contributed by atoms with E-state index in [2.05, 4.69) is 24.2 Å². The normalized spacial score (nSPS) is 22.6. The van der Waals surface area contributed by atoms with E-state index in [4.69, 9.17) is 0 Å². The quantitative estimate of drug-likeness (QED) is 0.676. The Balaban J connectivity index is 2.23. The minimum absolute atomic E-state index is 0.459. The lowest BCUT2D eigenvalue weighted by Crippen LogP contribution is -2.43. The Labute approximate surface area is 112 Å². The van der Waals surface area contributed by atoms with Crippen LogP contribution in [0.25, 0.3) is 0 Å². The molecule has 0 amide bonds. The van der Waals surface area contributed by atoms with Crippen LogP contribution < -0.4 is 5.32 Å². The molecule has 0 saturated carbocycles. The van der Waals surface area contributed by atoms with Crippen molar-refractivity contribution in [2.75, 3.05) is 52.6 Å². The van der Waals surface area contributed by atoms with Crippen molar-refractivity contribution in [3.8, 4) is 0 Å². The average Bonchev–Trinajstić information content (AvgIpc) is 2.33. The van der Waals surface area contributed by atoms with Crippen molar-refractivity contribution in [3.63, 3.8) is 0 Å². The standard InChI is InChI=1S/C12H27N3O2S/c1-4-14(2)9-7-13-10-12-6-5-8-15(11-12)18(3,16)17/h12-13H,4-11H2,1-3H3. The van der Waals surface area contributed by atoms with E-state index in [1.54, 1.807) is 4.31 Å². The number of hydrogen-bond donors (Lipinski definition) is 1. The molecule has 1 unspecified atom stereocenters. The molecule has 0 aromatic rings. The highest BCUT2D eigenvalue weighted by molar-refractivity contribution is 7.88. The SMILES string of the molecule is CCN(C)CCNCC1CCCN(S(C)(=O)=O)C1. The van der Waals surface area contributed by atoms with Crippen molar-refractivity contribution < 1.29 is 8.42 Å². The van der Waals surface area contributed by atoms with E-state index < -0.39 is 10.0 Å². The largest absolute Gasteiger partial charge is 0.315 e. The summed E-state index contributed by atoms with van der Waals surface area (Å²) in [5.41, 5.74) is 0. The Morgan fingerprint density at radius 2 is 2.17 bits per heavy atom. The van der Waals surface area contributed by atoms with Crippen LogP contribution in [0.15, 0.2) is 0 Å². The third-order valence-electron chi connectivity index (χ3n) is 3.59. The highest BCUT2D eigenvalue weighted by atomic mass is 32.2. The van der Waals surface area contributed by atoms with Crippen molar-refractivity contribution in [3.05, 3.63) is 0 Å². The summed E-state index contributed by atoms with van der Waals surface area (Å²) in [5.74, 6) is 0.459. The molecule has 18 heavy (non-hydrogen) atoms. The van der Waals surface area contributed by atoms with Gasteiger partial charge in [0.25, 0.3) is 0 Å². The number of nitrogens with zero attached hydrogens (tertiary/aromatic N) is 2. The van der Waals surface area contributed by atoms with E-state index in [1.807, 2.05) is 0 Å². The number of rotatable bonds is 7. The first-order chi connectivity index (χ1) is 8.43. The molecule has 0 radical (unpaired) electrons. The molecule has 1 saturated heterocycles. The van der Waals surface area contributed by atoms with Crippen LogP contribution in [0, 0.1) is 5.92 Å². The number of nitrogens with one attached hydrogen (secondary N) is 1. The first kappa shape index (κ1) is 15.9. The summed E-state index contributed by atoms with van der Waals surface area (Å²) >= 11 is 0. The monoisotopic (exact) mass is 277 g/mol. The van der Waals surface area contributed by atoms with E-state index in [-0.39, 0.29) is 0 Å². The van der Waals surface area contributed by atoms with Gasteiger partial charge < -0.3 is 10.2 Å². The van der Waals surface area contributed by atoms with Gasteiger partial charge in [0, 0.05) is 26.2 Å². The summed E-state index contributed by atoms with van der Waals surface area (Å²) < 4.78 is 24.6. The molecule has 108 valence electrons. The maximum Gasteiger partial charge on any atom is 0.211 e. The second kappa shape index (κ2) is 7.43. The van der Waals surface area contributed by atoms with Crippen molar-refractivity contribution >= 4 is 10.0 Å². The zero-order chi connectivity index (χ0) is 13.6. The van der Waals surface area contributed by atoms with Gasteiger partial charge in [0.2, 0.25) is 10.0 Å². The summed E-state index contributed by atoms with van der Waals surface area (Å²) in [7, 11) is -0.905. The fraction of sp³-hybridized carbons (Fsp3) is 1.00. The third kappa shape index (κ3) is 5.65. The topological polar surface area (TPSA) is 52.6 Å². The summed E-state index contributed by atoms with van der Waals surface area (Å²) in [6, 6.07) is 0. The van der Waals surface area contributed by atoms with Crippen LogP contribution in [-0.4, -0.2) is 70.2 Å². The van der Waals surface area contributed by atoms with Gasteiger partial charge in [-0.25, -0.2) is 12.7 Å². The van der Waals surface area contributed by atoms with Crippen molar-refractivity contribution in [1.82, 2.24) is 14.5 Å². The summed E-state index contributed by atoms with van der Waals surface area (Å²) in [6.45, 7) is 7.50. The van der Waals surface area contributed by atoms with Crippen LogP contribution in [0.5, 0.6) is 0 Å². The molecule has 1 atom stereocenters. The number of likely N-dealkylation sites (N-methyl/N-ethyl adjacent to an activating group) is 1. The van der Waals surface area contributed by atoms with Gasteiger partial charge in [-0.2, -0.15) is 0 Å². The zero-order valence-electron chi connectivity index (χ0n) is 11.9. The van der Waals surface area contributed by atoms with Gasteiger partial charge in [0.1, 0.15) is 0 Å². The predicted molar refractivity (Wildman–Crippen MR) is 75.2 cm³/mol. The molecule has 1 heterocycles. The number of piperidine rings is 1. The molecule has 1 aliphatic rings. The van der Waals surface area contributed by atoms with Crippen LogP contribution >= 0.6 is 0 Å². The van der Waals surface area contributed by atoms with Gasteiger partial charge in [-0.05, 0) is 38.9 Å². The molecular weight excluding hydrogens is 250 g/mol. The van der Waals surface area contributed by atoms with Gasteiger partial charge in [-0.3, -0.25) is 0 Å². The fourth-order valence-corrected chi connectivity index (χ4v) is 3.17. The van der Waals surface area contributed by atoms with Crippen molar-refractivity contribution in [2.24, 2.45) is 5.92 Å². The molecule has 0 aromatic carbocycles. The van der Waals surface area contributed by atoms with Crippen molar-refractivity contribution in [2.45, 2.75) is 19.8 Å². The minimum Gasteiger partial charge on any atom is -0.315 e. The van der Waals surface area contributed by atoms with Crippen LogP contribution in [0.3, 0.4) is 0 Å². The second-order valence-corrected chi connectivity index (χ2v) is 7.21. The molecule has 5 nitrogen and oxygen atoms in total. The van der Waals surface area contributed by atoms with Gasteiger partial charge in [-0.1, -0.05) is 6.92 Å². The highest BCUT2D eigenvalue weighted by Crippen LogP contribution is 2.17. The van der Waals surface area contributed by atoms with E-state index in [0.29, 0.717) is 19.0 Å². The first-order valence-electron chi connectivity index (χ1n) is 6.78. The molecule has 1 fully saturated rings. The predicted octanol–water partition coefficient (Wildman–Crippen LogP) is 0.199. The van der Waals surface area contributed by atoms with Crippen LogP contribution in [-0.2, 0) is 10.0 Å². The molecule has 1 aliphatic heterocycles. The fourth-order valence-electron chi connectivity index (χ4n) is 2.23. The Morgan fingerprint density at radius 3 is 2.78 bits per heavy atom. The number of hydrogen-bond acceptors (Lipinski definition) is 4. The lowest BCUT2D eigenvalue weighted by Gasteiger charge is -2.31. The Morgan fingerprint density at radius 1 is 1.44 bits per heavy atom. The van der Waals surface area contributed by atoms with E-state index in [9.17, 15) is 8.42 Å². The zero-order valence-corrected chi connectivity index (χ0v) is 12.7. The molecule has 6 heteroatoms. The summed E-state index contributed by atoms with van der Waals surface area (Å²) in [4.78, 5) is 2.26. The summed E-state index contributed by atoms with van der Waals surface area (Å²) in [5, 5.41) is 3.43. The van der Waals surface area contributed by atoms with Gasteiger partial charge in [0.05, 0.1) is 6.26 Å². The van der Waals surface area contributed by atoms with Gasteiger partial charge in [-0.15, -0.1) is 0 Å². The van der Waals surface area contributed by atoms with Crippen LogP contribution in [0.2, 0.25) is 0 Å². The van der Waals surface area contributed by atoms with Gasteiger partial charge >= 0.3 is 0 Å². The lowest BCUT2D eigenvalue weighted by molar-refractivity contribution is 0.257. The average molecular weight is 277 g/mol. The van der Waals surface area contributed by atoms with Crippen LogP contribution in [0.1, 0.15) is 19.8 Å². The Kier molecular flexibility index (Phi) is 6.55. The van der Waals surface area contributed by atoms with Crippen LogP contribution in [0.4, 0.5) is 0 Å². The first-order valence-corrected chi connectivity index (χ1v) is 8.62.